The molecule has 1 saturated carbocycles. The summed E-state index contributed by atoms with van der Waals surface area (Å²) in [6.45, 7) is 5.99. The summed E-state index contributed by atoms with van der Waals surface area (Å²) in [6, 6.07) is 10.4. The molecule has 0 bridgehead atoms. The highest BCUT2D eigenvalue weighted by Crippen LogP contribution is 2.30. The van der Waals surface area contributed by atoms with Gasteiger partial charge < -0.3 is 4.90 Å². The van der Waals surface area contributed by atoms with Gasteiger partial charge in [-0.05, 0) is 57.9 Å². The van der Waals surface area contributed by atoms with E-state index < -0.39 is 0 Å². The van der Waals surface area contributed by atoms with Gasteiger partial charge in [-0.15, -0.1) is 5.10 Å². The number of benzene rings is 1. The van der Waals surface area contributed by atoms with Gasteiger partial charge in [0, 0.05) is 23.7 Å². The summed E-state index contributed by atoms with van der Waals surface area (Å²) in [5.41, 5.74) is 3.01. The molecular weight excluding hydrogens is 314 g/mol. The number of carbonyl (C=O) groups excluding carboxylic acids is 1. The minimum Gasteiger partial charge on any atom is -0.332 e. The van der Waals surface area contributed by atoms with Gasteiger partial charge in [-0.25, -0.2) is 4.68 Å². The highest BCUT2D eigenvalue weighted by Gasteiger charge is 2.36. The quantitative estimate of drug-likeness (QED) is 0.735. The van der Waals surface area contributed by atoms with E-state index in [-0.39, 0.29) is 11.9 Å². The summed E-state index contributed by atoms with van der Waals surface area (Å²) < 4.78 is 1.73. The van der Waals surface area contributed by atoms with Crippen LogP contribution in [0.1, 0.15) is 42.9 Å². The molecule has 0 radical (unpaired) electrons. The monoisotopic (exact) mass is 335 g/mol. The van der Waals surface area contributed by atoms with Crippen molar-refractivity contribution in [3.8, 4) is 5.69 Å². The van der Waals surface area contributed by atoms with E-state index in [1.807, 2.05) is 56.0 Å². The third kappa shape index (κ3) is 2.77. The topological polar surface area (TPSA) is 63.9 Å². The van der Waals surface area contributed by atoms with Crippen LogP contribution in [-0.4, -0.2) is 42.9 Å². The third-order valence-electron chi connectivity index (χ3n) is 4.66. The second-order valence-electron chi connectivity index (χ2n) is 6.85. The van der Waals surface area contributed by atoms with Gasteiger partial charge in [0.15, 0.2) is 5.69 Å². The Bertz CT molecular complexity index is 940. The summed E-state index contributed by atoms with van der Waals surface area (Å²) in [6.07, 6.45) is 3.93. The minimum atomic E-state index is -0.0243. The number of carbonyl (C=O) groups is 1. The second kappa shape index (κ2) is 5.95. The maximum atomic E-state index is 12.9. The van der Waals surface area contributed by atoms with Crippen molar-refractivity contribution < 1.29 is 4.79 Å². The Kier molecular flexibility index (Phi) is 3.75. The number of hydrogen-bond donors (Lipinski definition) is 0. The maximum absolute atomic E-state index is 12.9. The van der Waals surface area contributed by atoms with Crippen molar-refractivity contribution in [1.29, 1.82) is 0 Å². The van der Waals surface area contributed by atoms with Gasteiger partial charge >= 0.3 is 0 Å². The molecule has 4 rings (SSSR count). The van der Waals surface area contributed by atoms with Gasteiger partial charge in [-0.3, -0.25) is 9.78 Å². The van der Waals surface area contributed by atoms with E-state index in [9.17, 15) is 4.79 Å². The van der Waals surface area contributed by atoms with Gasteiger partial charge in [0.05, 0.1) is 16.9 Å². The van der Waals surface area contributed by atoms with Gasteiger partial charge in [-0.2, -0.15) is 0 Å². The van der Waals surface area contributed by atoms with Gasteiger partial charge in [0.25, 0.3) is 5.91 Å². The number of amides is 1. The Balaban J connectivity index is 1.71. The van der Waals surface area contributed by atoms with Crippen LogP contribution in [0.5, 0.6) is 0 Å². The molecule has 0 aliphatic heterocycles. The summed E-state index contributed by atoms with van der Waals surface area (Å²) in [5.74, 6) is -0.0243. The molecule has 6 heteroatoms. The van der Waals surface area contributed by atoms with Crippen molar-refractivity contribution in [1.82, 2.24) is 24.9 Å². The number of hydrogen-bond acceptors (Lipinski definition) is 4. The fraction of sp³-hybridized carbons (Fsp3) is 0.368. The van der Waals surface area contributed by atoms with Gasteiger partial charge in [0.2, 0.25) is 0 Å². The van der Waals surface area contributed by atoms with Crippen LogP contribution in [0.25, 0.3) is 16.6 Å². The lowest BCUT2D eigenvalue weighted by Gasteiger charge is -2.25. The molecule has 1 amide bonds. The van der Waals surface area contributed by atoms with Crippen LogP contribution in [0, 0.1) is 6.92 Å². The van der Waals surface area contributed by atoms with E-state index in [2.05, 4.69) is 15.3 Å². The molecule has 3 aromatic rings. The number of rotatable bonds is 4. The Labute approximate surface area is 146 Å². The molecule has 1 aliphatic rings. The van der Waals surface area contributed by atoms with Crippen LogP contribution in [0.3, 0.4) is 0 Å². The molecule has 0 N–H and O–H groups in total. The van der Waals surface area contributed by atoms with Crippen LogP contribution in [0.4, 0.5) is 0 Å². The molecule has 1 aromatic carbocycles. The fourth-order valence-corrected chi connectivity index (χ4v) is 3.26. The number of nitrogens with zero attached hydrogens (tertiary/aromatic N) is 5. The second-order valence-corrected chi connectivity index (χ2v) is 6.85. The lowest BCUT2D eigenvalue weighted by molar-refractivity contribution is 0.0683. The predicted molar refractivity (Wildman–Crippen MR) is 95.7 cm³/mol. The Morgan fingerprint density at radius 3 is 2.80 bits per heavy atom. The molecule has 0 spiro atoms. The summed E-state index contributed by atoms with van der Waals surface area (Å²) >= 11 is 0. The third-order valence-corrected chi connectivity index (χ3v) is 4.66. The zero-order valence-electron chi connectivity index (χ0n) is 14.7. The van der Waals surface area contributed by atoms with Gasteiger partial charge in [-0.1, -0.05) is 11.3 Å². The van der Waals surface area contributed by atoms with Crippen molar-refractivity contribution in [2.75, 3.05) is 0 Å². The molecular formula is C19H21N5O. The lowest BCUT2D eigenvalue weighted by atomic mass is 10.2. The summed E-state index contributed by atoms with van der Waals surface area (Å²) in [7, 11) is 0. The van der Waals surface area contributed by atoms with Crippen molar-refractivity contribution in [2.45, 2.75) is 45.7 Å². The predicted octanol–water partition coefficient (Wildman–Crippen LogP) is 3.14. The van der Waals surface area contributed by atoms with E-state index in [4.69, 9.17) is 0 Å². The first kappa shape index (κ1) is 15.7. The first-order valence-electron chi connectivity index (χ1n) is 8.66. The van der Waals surface area contributed by atoms with Gasteiger partial charge in [0.1, 0.15) is 0 Å². The van der Waals surface area contributed by atoms with Crippen LogP contribution in [-0.2, 0) is 0 Å². The molecule has 1 fully saturated rings. The SMILES string of the molecule is Cc1c(C(=O)N(C(C)C)C2CC2)nnn1-c1ccc2ncccc2c1. The normalized spacial score (nSPS) is 14.2. The molecule has 2 aromatic heterocycles. The summed E-state index contributed by atoms with van der Waals surface area (Å²) in [4.78, 5) is 19.2. The zero-order valence-corrected chi connectivity index (χ0v) is 14.7. The minimum absolute atomic E-state index is 0.0243. The van der Waals surface area contributed by atoms with E-state index in [0.717, 1.165) is 35.1 Å². The lowest BCUT2D eigenvalue weighted by Crippen LogP contribution is -2.39. The smallest absolute Gasteiger partial charge is 0.276 e. The molecule has 128 valence electrons. The van der Waals surface area contributed by atoms with Crippen LogP contribution in [0.15, 0.2) is 36.5 Å². The number of fused-ring (bicyclic) bond motifs is 1. The molecule has 0 unspecified atom stereocenters. The van der Waals surface area contributed by atoms with Crippen molar-refractivity contribution in [3.05, 3.63) is 47.9 Å². The highest BCUT2D eigenvalue weighted by molar-refractivity contribution is 5.94. The maximum Gasteiger partial charge on any atom is 0.276 e. The zero-order chi connectivity index (χ0) is 17.6. The molecule has 1 aliphatic carbocycles. The Hall–Kier alpha value is -2.76. The Morgan fingerprint density at radius 1 is 1.28 bits per heavy atom. The average molecular weight is 335 g/mol. The first-order valence-corrected chi connectivity index (χ1v) is 8.66. The van der Waals surface area contributed by atoms with E-state index in [1.54, 1.807) is 10.9 Å². The molecule has 0 saturated heterocycles. The summed E-state index contributed by atoms with van der Waals surface area (Å²) in [5, 5.41) is 9.46. The van der Waals surface area contributed by atoms with Crippen LogP contribution in [0.2, 0.25) is 0 Å². The molecule has 6 nitrogen and oxygen atoms in total. The number of aromatic nitrogens is 4. The van der Waals surface area contributed by atoms with Crippen LogP contribution < -0.4 is 0 Å². The molecule has 25 heavy (non-hydrogen) atoms. The fourth-order valence-electron chi connectivity index (χ4n) is 3.26. The van der Waals surface area contributed by atoms with Crippen molar-refractivity contribution in [3.63, 3.8) is 0 Å². The van der Waals surface area contributed by atoms with Crippen LogP contribution >= 0.6 is 0 Å². The molecule has 2 heterocycles. The van der Waals surface area contributed by atoms with E-state index >= 15 is 0 Å². The average Bonchev–Trinajstić information content (AvgIpc) is 3.35. The largest absolute Gasteiger partial charge is 0.332 e. The molecule has 0 atom stereocenters. The standard InChI is InChI=1S/C19H21N5O/c1-12(2)23(15-6-7-15)19(25)18-13(3)24(22-21-18)16-8-9-17-14(11-16)5-4-10-20-17/h4-5,8-12,15H,6-7H2,1-3H3. The van der Waals surface area contributed by atoms with Crippen molar-refractivity contribution >= 4 is 16.8 Å². The van der Waals surface area contributed by atoms with E-state index in [1.165, 1.54) is 0 Å². The number of pyridine rings is 1. The van der Waals surface area contributed by atoms with E-state index in [0.29, 0.717) is 11.7 Å². The van der Waals surface area contributed by atoms with Crippen molar-refractivity contribution in [2.24, 2.45) is 0 Å². The highest BCUT2D eigenvalue weighted by atomic mass is 16.2. The Morgan fingerprint density at radius 2 is 2.08 bits per heavy atom. The first-order chi connectivity index (χ1) is 12.1.